The third-order valence-corrected chi connectivity index (χ3v) is 3.51. The largest absolute Gasteiger partial charge is 0.384 e. The molecule has 0 heterocycles. The molecule has 0 aliphatic heterocycles. The maximum absolute atomic E-state index is 5.20. The van der Waals surface area contributed by atoms with Crippen LogP contribution in [0.25, 0.3) is 0 Å². The molecule has 0 radical (unpaired) electrons. The molecule has 0 aliphatic carbocycles. The first kappa shape index (κ1) is 12.7. The van der Waals surface area contributed by atoms with E-state index in [1.807, 2.05) is 7.05 Å². The second-order valence-corrected chi connectivity index (χ2v) is 4.42. The molecular weight excluding hydrogens is 224 g/mol. The Hall–Kier alpha value is -0.320. The van der Waals surface area contributed by atoms with Crippen molar-refractivity contribution in [3.63, 3.8) is 0 Å². The number of hydrogen-bond donors (Lipinski definition) is 2. The summed E-state index contributed by atoms with van der Waals surface area (Å²) in [5.41, 5.74) is 2.37. The van der Waals surface area contributed by atoms with Gasteiger partial charge in [-0.25, -0.2) is 0 Å². The van der Waals surface area contributed by atoms with Crippen molar-refractivity contribution < 1.29 is 0 Å². The van der Waals surface area contributed by atoms with Crippen LogP contribution in [0, 0.1) is 9.02 Å². The zero-order chi connectivity index (χ0) is 11.3. The van der Waals surface area contributed by atoms with E-state index in [2.05, 4.69) is 17.6 Å². The summed E-state index contributed by atoms with van der Waals surface area (Å²) in [6, 6.07) is 0. The Bertz CT molecular complexity index is 378. The van der Waals surface area contributed by atoms with Crippen LogP contribution in [0.15, 0.2) is 0 Å². The third-order valence-electron chi connectivity index (χ3n) is 2.52. The minimum absolute atomic E-state index is 0.857. The van der Waals surface area contributed by atoms with Gasteiger partial charge in [-0.05, 0) is 38.4 Å². The minimum atomic E-state index is 0.857. The molecule has 2 nitrogen and oxygen atoms in total. The SMILES string of the molecule is CCc1c(NCCCCNC)c(=S)c1=S. The molecule has 1 aromatic carbocycles. The summed E-state index contributed by atoms with van der Waals surface area (Å²) in [4.78, 5) is 0. The van der Waals surface area contributed by atoms with Crippen molar-refractivity contribution >= 4 is 30.1 Å². The lowest BCUT2D eigenvalue weighted by Crippen LogP contribution is -2.12. The smallest absolute Gasteiger partial charge is 0.0796 e. The maximum atomic E-state index is 5.20. The fraction of sp³-hybridized carbons (Fsp3) is 0.636. The molecule has 0 aliphatic rings. The molecule has 1 rings (SSSR count). The van der Waals surface area contributed by atoms with Gasteiger partial charge < -0.3 is 10.6 Å². The summed E-state index contributed by atoms with van der Waals surface area (Å²) in [5, 5.41) is 6.52. The van der Waals surface area contributed by atoms with Crippen LogP contribution in [0.3, 0.4) is 0 Å². The third kappa shape index (κ3) is 3.06. The summed E-state index contributed by atoms with van der Waals surface area (Å²) in [6.07, 6.45) is 3.34. The molecular formula is C11H18N2S2. The zero-order valence-corrected chi connectivity index (χ0v) is 11.0. The van der Waals surface area contributed by atoms with E-state index in [1.165, 1.54) is 12.0 Å². The van der Waals surface area contributed by atoms with Gasteiger partial charge in [0.15, 0.2) is 0 Å². The van der Waals surface area contributed by atoms with Crippen LogP contribution < -0.4 is 10.6 Å². The Balaban J connectivity index is 2.35. The Morgan fingerprint density at radius 1 is 1.07 bits per heavy atom. The molecule has 4 heteroatoms. The van der Waals surface area contributed by atoms with Gasteiger partial charge in [0.1, 0.15) is 0 Å². The van der Waals surface area contributed by atoms with Crippen LogP contribution >= 0.6 is 24.4 Å². The van der Waals surface area contributed by atoms with Gasteiger partial charge in [-0.2, -0.15) is 0 Å². The summed E-state index contributed by atoms with van der Waals surface area (Å²) in [5.74, 6) is 0. The summed E-state index contributed by atoms with van der Waals surface area (Å²) in [6.45, 7) is 4.18. The normalized spacial score (nSPS) is 10.8. The molecule has 0 aromatic heterocycles. The Morgan fingerprint density at radius 3 is 2.33 bits per heavy atom. The quantitative estimate of drug-likeness (QED) is 0.567. The second kappa shape index (κ2) is 6.30. The summed E-state index contributed by atoms with van der Waals surface area (Å²) < 4.78 is 1.75. The fourth-order valence-electron chi connectivity index (χ4n) is 1.60. The number of unbranched alkanes of at least 4 members (excludes halogenated alkanes) is 1. The average Bonchev–Trinajstić information content (AvgIpc) is 2.26. The van der Waals surface area contributed by atoms with Crippen molar-refractivity contribution in [3.05, 3.63) is 14.6 Å². The molecule has 0 atom stereocenters. The molecule has 0 spiro atoms. The van der Waals surface area contributed by atoms with E-state index < -0.39 is 0 Å². The van der Waals surface area contributed by atoms with Crippen molar-refractivity contribution in [1.29, 1.82) is 0 Å². The van der Waals surface area contributed by atoms with Gasteiger partial charge in [-0.3, -0.25) is 0 Å². The maximum Gasteiger partial charge on any atom is 0.0796 e. The van der Waals surface area contributed by atoms with E-state index in [0.29, 0.717) is 0 Å². The molecule has 0 amide bonds. The van der Waals surface area contributed by atoms with Crippen molar-refractivity contribution in [2.75, 3.05) is 25.5 Å². The molecule has 0 fully saturated rings. The first-order valence-corrected chi connectivity index (χ1v) is 6.24. The predicted molar refractivity (Wildman–Crippen MR) is 71.5 cm³/mol. The first-order chi connectivity index (χ1) is 7.22. The van der Waals surface area contributed by atoms with Crippen LogP contribution in [-0.4, -0.2) is 20.1 Å². The van der Waals surface area contributed by atoms with Crippen LogP contribution in [0.1, 0.15) is 25.3 Å². The van der Waals surface area contributed by atoms with Gasteiger partial charge in [-0.15, -0.1) is 0 Å². The molecule has 2 N–H and O–H groups in total. The number of anilines is 1. The molecule has 0 saturated heterocycles. The van der Waals surface area contributed by atoms with Gasteiger partial charge in [-0.1, -0.05) is 31.4 Å². The van der Waals surface area contributed by atoms with E-state index in [0.717, 1.165) is 40.6 Å². The van der Waals surface area contributed by atoms with Crippen LogP contribution in [0.4, 0.5) is 5.69 Å². The lowest BCUT2D eigenvalue weighted by Gasteiger charge is -2.14. The van der Waals surface area contributed by atoms with Gasteiger partial charge >= 0.3 is 0 Å². The van der Waals surface area contributed by atoms with Gasteiger partial charge in [0.2, 0.25) is 0 Å². The van der Waals surface area contributed by atoms with Gasteiger partial charge in [0, 0.05) is 6.54 Å². The first-order valence-electron chi connectivity index (χ1n) is 5.43. The van der Waals surface area contributed by atoms with E-state index in [4.69, 9.17) is 24.4 Å². The Morgan fingerprint density at radius 2 is 1.73 bits per heavy atom. The van der Waals surface area contributed by atoms with Crippen LogP contribution in [0.5, 0.6) is 0 Å². The number of rotatable bonds is 7. The predicted octanol–water partition coefficient (Wildman–Crippen LogP) is 3.00. The van der Waals surface area contributed by atoms with Crippen molar-refractivity contribution in [3.8, 4) is 0 Å². The lowest BCUT2D eigenvalue weighted by molar-refractivity contribution is 0.694. The summed E-state index contributed by atoms with van der Waals surface area (Å²) >= 11 is 10.4. The van der Waals surface area contributed by atoms with Gasteiger partial charge in [0.05, 0.1) is 14.7 Å². The highest BCUT2D eigenvalue weighted by Crippen LogP contribution is 2.26. The zero-order valence-electron chi connectivity index (χ0n) is 9.35. The summed E-state index contributed by atoms with van der Waals surface area (Å²) in [7, 11) is 1.98. The minimum Gasteiger partial charge on any atom is -0.384 e. The number of nitrogens with one attached hydrogen (secondary N) is 2. The topological polar surface area (TPSA) is 24.1 Å². The fourth-order valence-corrected chi connectivity index (χ4v) is 2.27. The molecule has 0 bridgehead atoms. The molecule has 15 heavy (non-hydrogen) atoms. The van der Waals surface area contributed by atoms with Crippen molar-refractivity contribution in [2.24, 2.45) is 0 Å². The van der Waals surface area contributed by atoms with E-state index in [1.54, 1.807) is 0 Å². The van der Waals surface area contributed by atoms with E-state index in [9.17, 15) is 0 Å². The van der Waals surface area contributed by atoms with E-state index >= 15 is 0 Å². The lowest BCUT2D eigenvalue weighted by atomic mass is 10.1. The molecule has 1 aromatic rings. The highest BCUT2D eigenvalue weighted by Gasteiger charge is 2.11. The Labute approximate surface area is 102 Å². The van der Waals surface area contributed by atoms with Crippen molar-refractivity contribution in [2.45, 2.75) is 26.2 Å². The van der Waals surface area contributed by atoms with E-state index in [-0.39, 0.29) is 0 Å². The highest BCUT2D eigenvalue weighted by molar-refractivity contribution is 7.74. The highest BCUT2D eigenvalue weighted by atomic mass is 32.1. The number of hydrogen-bond acceptors (Lipinski definition) is 4. The van der Waals surface area contributed by atoms with Crippen molar-refractivity contribution in [1.82, 2.24) is 5.32 Å². The second-order valence-electron chi connectivity index (χ2n) is 3.60. The van der Waals surface area contributed by atoms with Crippen LogP contribution in [-0.2, 0) is 6.42 Å². The average molecular weight is 242 g/mol. The monoisotopic (exact) mass is 242 g/mol. The van der Waals surface area contributed by atoms with Crippen LogP contribution in [0.2, 0.25) is 0 Å². The standard InChI is InChI=1S/C11H18N2S2/c1-3-8-9(11(15)10(8)14)13-7-5-4-6-12-2/h12-13H,3-7H2,1-2H3. The Kier molecular flexibility index (Phi) is 5.36. The van der Waals surface area contributed by atoms with Gasteiger partial charge in [0.25, 0.3) is 0 Å². The molecule has 0 saturated carbocycles. The molecule has 84 valence electrons. The molecule has 0 unspecified atom stereocenters.